The molecule has 0 unspecified atom stereocenters. The summed E-state index contributed by atoms with van der Waals surface area (Å²) in [7, 11) is -3.25. The van der Waals surface area contributed by atoms with Crippen molar-refractivity contribution >= 4 is 25.3 Å². The maximum Gasteiger partial charge on any atom is 0.335 e. The number of rotatable bonds is 10. The highest BCUT2D eigenvalue weighted by Crippen LogP contribution is 2.51. The smallest absolute Gasteiger partial charge is 0.335 e. The molecule has 1 aromatic carbocycles. The fourth-order valence-corrected chi connectivity index (χ4v) is 5.16. The van der Waals surface area contributed by atoms with Crippen molar-refractivity contribution in [3.05, 3.63) is 35.4 Å². The zero-order valence-electron chi connectivity index (χ0n) is 16.8. The minimum atomic E-state index is -3.25. The second-order valence-electron chi connectivity index (χ2n) is 6.99. The summed E-state index contributed by atoms with van der Waals surface area (Å²) in [6.07, 6.45) is 1.94. The fraction of sp³-hybridized carbons (Fsp3) is 0.550. The van der Waals surface area contributed by atoms with Crippen LogP contribution in [0.4, 0.5) is 0 Å². The Bertz CT molecular complexity index is 768. The number of benzene rings is 1. The molecule has 2 rings (SSSR count). The average molecular weight is 425 g/mol. The molecule has 8 nitrogen and oxygen atoms in total. The van der Waals surface area contributed by atoms with Gasteiger partial charge in [-0.3, -0.25) is 14.2 Å². The first-order chi connectivity index (χ1) is 13.8. The van der Waals surface area contributed by atoms with E-state index in [2.05, 4.69) is 5.32 Å². The van der Waals surface area contributed by atoms with Crippen molar-refractivity contribution in [2.75, 3.05) is 13.2 Å². The number of hydrogen-bond donors (Lipinski definition) is 2. The number of nitrogens with one attached hydrogen (secondary N) is 1. The van der Waals surface area contributed by atoms with E-state index in [1.165, 1.54) is 12.1 Å². The minimum Gasteiger partial charge on any atom is -0.480 e. The molecule has 2 N–H and O–H groups in total. The van der Waals surface area contributed by atoms with Crippen molar-refractivity contribution in [3.8, 4) is 0 Å². The standard InChI is InChI=1S/C20H28NO7P/c1-3-27-29(26,28-4-2)13-14-8-10-15(11-9-14)19(23)21-18(20(24)25)16-6-5-7-17(22)12-16/h8-11,16,18H,3-7,12-13H2,1-2H3,(H,21,23)(H,24,25)/t16-,18+/m0/s1. The van der Waals surface area contributed by atoms with E-state index in [-0.39, 0.29) is 37.1 Å². The molecule has 0 spiro atoms. The van der Waals surface area contributed by atoms with E-state index >= 15 is 0 Å². The lowest BCUT2D eigenvalue weighted by molar-refractivity contribution is -0.141. The van der Waals surface area contributed by atoms with Crippen molar-refractivity contribution in [1.82, 2.24) is 5.32 Å². The van der Waals surface area contributed by atoms with Crippen molar-refractivity contribution in [2.24, 2.45) is 5.92 Å². The van der Waals surface area contributed by atoms with Crippen LogP contribution in [0.3, 0.4) is 0 Å². The maximum atomic E-state index is 12.6. The Morgan fingerprint density at radius 3 is 2.34 bits per heavy atom. The predicted molar refractivity (Wildman–Crippen MR) is 107 cm³/mol. The number of ketones is 1. The minimum absolute atomic E-state index is 0.0270. The van der Waals surface area contributed by atoms with E-state index in [0.29, 0.717) is 24.8 Å². The molecule has 0 aliphatic heterocycles. The number of Topliss-reactive ketones (excluding diaryl/α,β-unsaturated/α-hetero) is 1. The van der Waals surface area contributed by atoms with Crippen LogP contribution in [-0.2, 0) is 29.4 Å². The molecule has 0 radical (unpaired) electrons. The van der Waals surface area contributed by atoms with Gasteiger partial charge in [0.2, 0.25) is 0 Å². The largest absolute Gasteiger partial charge is 0.480 e. The number of carboxylic acids is 1. The topological polar surface area (TPSA) is 119 Å². The maximum absolute atomic E-state index is 12.6. The number of carboxylic acid groups (broad SMARTS) is 1. The first-order valence-corrected chi connectivity index (χ1v) is 11.5. The summed E-state index contributed by atoms with van der Waals surface area (Å²) in [6, 6.07) is 5.25. The second-order valence-corrected chi connectivity index (χ2v) is 9.04. The first kappa shape index (κ1) is 23.3. The second kappa shape index (κ2) is 10.7. The number of carbonyl (C=O) groups is 3. The van der Waals surface area contributed by atoms with Crippen LogP contribution in [0, 0.1) is 5.92 Å². The fourth-order valence-electron chi connectivity index (χ4n) is 3.46. The number of carbonyl (C=O) groups excluding carboxylic acids is 2. The Balaban J connectivity index is 2.06. The monoisotopic (exact) mass is 425 g/mol. The van der Waals surface area contributed by atoms with Crippen LogP contribution in [0.1, 0.15) is 55.5 Å². The van der Waals surface area contributed by atoms with Crippen LogP contribution in [0.5, 0.6) is 0 Å². The molecule has 1 aromatic rings. The summed E-state index contributed by atoms with van der Waals surface area (Å²) in [4.78, 5) is 35.8. The highest BCUT2D eigenvalue weighted by atomic mass is 31.2. The van der Waals surface area contributed by atoms with Gasteiger partial charge in [0.1, 0.15) is 11.8 Å². The Morgan fingerprint density at radius 1 is 1.21 bits per heavy atom. The van der Waals surface area contributed by atoms with Crippen molar-refractivity contribution < 1.29 is 33.1 Å². The van der Waals surface area contributed by atoms with E-state index in [4.69, 9.17) is 9.05 Å². The van der Waals surface area contributed by atoms with Crippen LogP contribution in [0.25, 0.3) is 0 Å². The molecule has 0 heterocycles. The molecule has 1 aliphatic carbocycles. The normalized spacial score (nSPS) is 18.3. The Hall–Kier alpha value is -2.02. The lowest BCUT2D eigenvalue weighted by Crippen LogP contribution is -2.47. The summed E-state index contributed by atoms with van der Waals surface area (Å²) in [5.41, 5.74) is 0.962. The highest BCUT2D eigenvalue weighted by molar-refractivity contribution is 7.53. The number of aliphatic carboxylic acids is 1. The van der Waals surface area contributed by atoms with Crippen LogP contribution in [0.15, 0.2) is 24.3 Å². The first-order valence-electron chi connectivity index (χ1n) is 9.80. The van der Waals surface area contributed by atoms with Crippen LogP contribution < -0.4 is 5.32 Å². The molecule has 160 valence electrons. The molecule has 0 bridgehead atoms. The van der Waals surface area contributed by atoms with Crippen molar-refractivity contribution in [2.45, 2.75) is 51.7 Å². The van der Waals surface area contributed by atoms with Gasteiger partial charge in [0.25, 0.3) is 5.91 Å². The third-order valence-corrected chi connectivity index (χ3v) is 6.84. The molecule has 1 saturated carbocycles. The summed E-state index contributed by atoms with van der Waals surface area (Å²) < 4.78 is 23.1. The van der Waals surface area contributed by atoms with Gasteiger partial charge in [-0.1, -0.05) is 12.1 Å². The number of hydrogen-bond acceptors (Lipinski definition) is 6. The molecule has 9 heteroatoms. The molecule has 0 saturated heterocycles. The average Bonchev–Trinajstić information content (AvgIpc) is 2.66. The van der Waals surface area contributed by atoms with Gasteiger partial charge in [-0.25, -0.2) is 4.79 Å². The Morgan fingerprint density at radius 2 is 1.83 bits per heavy atom. The van der Waals surface area contributed by atoms with Crippen LogP contribution in [-0.4, -0.2) is 42.0 Å². The third-order valence-electron chi connectivity index (χ3n) is 4.79. The molecule has 1 aliphatic rings. The van der Waals surface area contributed by atoms with E-state index in [1.807, 2.05) is 0 Å². The number of amides is 1. The van der Waals surface area contributed by atoms with Gasteiger partial charge >= 0.3 is 13.6 Å². The summed E-state index contributed by atoms with van der Waals surface area (Å²) >= 11 is 0. The lowest BCUT2D eigenvalue weighted by atomic mass is 9.83. The van der Waals surface area contributed by atoms with Gasteiger partial charge in [0, 0.05) is 18.4 Å². The Kier molecular flexibility index (Phi) is 8.56. The zero-order valence-corrected chi connectivity index (χ0v) is 17.7. The quantitative estimate of drug-likeness (QED) is 0.552. The molecular weight excluding hydrogens is 397 g/mol. The predicted octanol–water partition coefficient (Wildman–Crippen LogP) is 3.40. The van der Waals surface area contributed by atoms with E-state index in [9.17, 15) is 24.1 Å². The zero-order chi connectivity index (χ0) is 21.4. The Labute approximate surface area is 170 Å². The van der Waals surface area contributed by atoms with E-state index < -0.39 is 31.4 Å². The molecule has 2 atom stereocenters. The van der Waals surface area contributed by atoms with Crippen LogP contribution >= 0.6 is 7.60 Å². The molecule has 29 heavy (non-hydrogen) atoms. The molecule has 0 aromatic heterocycles. The summed E-state index contributed by atoms with van der Waals surface area (Å²) in [5.74, 6) is -2.05. The third kappa shape index (κ3) is 6.77. The van der Waals surface area contributed by atoms with Crippen LogP contribution in [0.2, 0.25) is 0 Å². The van der Waals surface area contributed by atoms with E-state index in [0.717, 1.165) is 0 Å². The summed E-state index contributed by atoms with van der Waals surface area (Å²) in [5, 5.41) is 12.0. The van der Waals surface area contributed by atoms with Gasteiger partial charge in [-0.15, -0.1) is 0 Å². The molecule has 1 fully saturated rings. The van der Waals surface area contributed by atoms with Gasteiger partial charge in [-0.2, -0.15) is 0 Å². The van der Waals surface area contributed by atoms with Gasteiger partial charge in [0.05, 0.1) is 19.4 Å². The summed E-state index contributed by atoms with van der Waals surface area (Å²) in [6.45, 7) is 3.99. The highest BCUT2D eigenvalue weighted by Gasteiger charge is 2.33. The molecule has 1 amide bonds. The SMILES string of the molecule is CCOP(=O)(Cc1ccc(C(=O)N[C@@H](C(=O)O)[C@H]2CCCC(=O)C2)cc1)OCC. The van der Waals surface area contributed by atoms with Gasteiger partial charge in [0.15, 0.2) is 0 Å². The van der Waals surface area contributed by atoms with Crippen molar-refractivity contribution in [1.29, 1.82) is 0 Å². The molecular formula is C20H28NO7P. The van der Waals surface area contributed by atoms with Gasteiger partial charge < -0.3 is 19.5 Å². The lowest BCUT2D eigenvalue weighted by Gasteiger charge is -2.27. The van der Waals surface area contributed by atoms with E-state index in [1.54, 1.807) is 26.0 Å². The van der Waals surface area contributed by atoms with Gasteiger partial charge in [-0.05, 0) is 50.3 Å². The van der Waals surface area contributed by atoms with Crippen molar-refractivity contribution in [3.63, 3.8) is 0 Å².